The fraction of sp³-hybridized carbons (Fsp3) is 0.538. The largest absolute Gasteiger partial charge is 0.465 e. The Morgan fingerprint density at radius 3 is 2.80 bits per heavy atom. The molecule has 7 heteroatoms. The molecule has 0 aromatic carbocycles. The van der Waals surface area contributed by atoms with Gasteiger partial charge in [0.25, 0.3) is 0 Å². The molecular weight excluding hydrogens is 296 g/mol. The van der Waals surface area contributed by atoms with E-state index in [1.807, 2.05) is 13.0 Å². The van der Waals surface area contributed by atoms with Gasteiger partial charge in [-0.2, -0.15) is 0 Å². The van der Waals surface area contributed by atoms with Crippen LogP contribution in [0.3, 0.4) is 0 Å². The highest BCUT2D eigenvalue weighted by Gasteiger charge is 2.16. The SMILES string of the molecule is CCc1cc(C(=O)OC)c(NC(=S)NCCCOC)s1. The third-order valence-corrected chi connectivity index (χ3v) is 4.02. The maximum Gasteiger partial charge on any atom is 0.340 e. The number of ether oxygens (including phenoxy) is 2. The molecule has 2 N–H and O–H groups in total. The second kappa shape index (κ2) is 8.89. The van der Waals surface area contributed by atoms with Gasteiger partial charge in [0.15, 0.2) is 5.11 Å². The van der Waals surface area contributed by atoms with E-state index in [9.17, 15) is 4.79 Å². The van der Waals surface area contributed by atoms with Gasteiger partial charge in [-0.3, -0.25) is 0 Å². The summed E-state index contributed by atoms with van der Waals surface area (Å²) in [6.45, 7) is 3.44. The summed E-state index contributed by atoms with van der Waals surface area (Å²) in [4.78, 5) is 12.8. The van der Waals surface area contributed by atoms with Crippen molar-refractivity contribution in [2.45, 2.75) is 19.8 Å². The van der Waals surface area contributed by atoms with Crippen LogP contribution >= 0.6 is 23.6 Å². The maximum absolute atomic E-state index is 11.7. The van der Waals surface area contributed by atoms with Gasteiger partial charge >= 0.3 is 5.97 Å². The van der Waals surface area contributed by atoms with Crippen LogP contribution in [0.5, 0.6) is 0 Å². The van der Waals surface area contributed by atoms with Gasteiger partial charge in [-0.05, 0) is 31.1 Å². The first-order valence-electron chi connectivity index (χ1n) is 6.37. The first kappa shape index (κ1) is 16.9. The Morgan fingerprint density at radius 1 is 1.45 bits per heavy atom. The van der Waals surface area contributed by atoms with E-state index in [4.69, 9.17) is 21.7 Å². The number of nitrogens with one attached hydrogen (secondary N) is 2. The Morgan fingerprint density at radius 2 is 2.20 bits per heavy atom. The molecule has 5 nitrogen and oxygen atoms in total. The Balaban J connectivity index is 2.63. The molecule has 0 unspecified atom stereocenters. The molecule has 0 spiro atoms. The minimum atomic E-state index is -0.356. The fourth-order valence-electron chi connectivity index (χ4n) is 1.54. The van der Waals surface area contributed by atoms with E-state index in [2.05, 4.69) is 10.6 Å². The number of methoxy groups -OCH3 is 2. The monoisotopic (exact) mass is 316 g/mol. The molecule has 1 heterocycles. The van der Waals surface area contributed by atoms with Crippen molar-refractivity contribution in [2.75, 3.05) is 32.7 Å². The van der Waals surface area contributed by atoms with Crippen molar-refractivity contribution in [1.29, 1.82) is 0 Å². The quantitative estimate of drug-likeness (QED) is 0.458. The Hall–Kier alpha value is -1.18. The summed E-state index contributed by atoms with van der Waals surface area (Å²) in [7, 11) is 3.04. The number of aryl methyl sites for hydroxylation is 1. The summed E-state index contributed by atoms with van der Waals surface area (Å²) in [5, 5.41) is 7.34. The van der Waals surface area contributed by atoms with Gasteiger partial charge < -0.3 is 20.1 Å². The average Bonchev–Trinajstić information content (AvgIpc) is 2.85. The smallest absolute Gasteiger partial charge is 0.340 e. The van der Waals surface area contributed by atoms with Crippen LogP contribution in [-0.4, -0.2) is 38.5 Å². The van der Waals surface area contributed by atoms with E-state index in [0.717, 1.165) is 29.3 Å². The Kier molecular flexibility index (Phi) is 7.50. The highest BCUT2D eigenvalue weighted by Crippen LogP contribution is 2.29. The molecule has 0 fully saturated rings. The number of thiophene rings is 1. The third-order valence-electron chi connectivity index (χ3n) is 2.57. The van der Waals surface area contributed by atoms with Crippen molar-refractivity contribution >= 4 is 39.6 Å². The summed E-state index contributed by atoms with van der Waals surface area (Å²) in [6.07, 6.45) is 1.73. The van der Waals surface area contributed by atoms with Crippen molar-refractivity contribution in [1.82, 2.24) is 5.32 Å². The summed E-state index contributed by atoms with van der Waals surface area (Å²) in [5.41, 5.74) is 0.524. The molecule has 0 amide bonds. The van der Waals surface area contributed by atoms with Gasteiger partial charge in [0, 0.05) is 25.1 Å². The average molecular weight is 316 g/mol. The lowest BCUT2D eigenvalue weighted by molar-refractivity contribution is 0.0602. The number of thiocarbonyl (C=S) groups is 1. The van der Waals surface area contributed by atoms with Crippen LogP contribution in [0.25, 0.3) is 0 Å². The number of hydrogen-bond donors (Lipinski definition) is 2. The van der Waals surface area contributed by atoms with Crippen LogP contribution in [0.15, 0.2) is 6.07 Å². The first-order chi connectivity index (χ1) is 9.62. The molecule has 0 saturated carbocycles. The molecule has 1 rings (SSSR count). The minimum Gasteiger partial charge on any atom is -0.465 e. The molecule has 0 aliphatic heterocycles. The number of carbonyl (C=O) groups is 1. The highest BCUT2D eigenvalue weighted by atomic mass is 32.1. The molecule has 1 aromatic heterocycles. The van der Waals surface area contributed by atoms with Crippen molar-refractivity contribution in [3.63, 3.8) is 0 Å². The highest BCUT2D eigenvalue weighted by molar-refractivity contribution is 7.80. The second-order valence-electron chi connectivity index (χ2n) is 4.03. The summed E-state index contributed by atoms with van der Waals surface area (Å²) in [6, 6.07) is 1.84. The zero-order chi connectivity index (χ0) is 15.0. The number of anilines is 1. The number of hydrogen-bond acceptors (Lipinski definition) is 5. The van der Waals surface area contributed by atoms with E-state index in [0.29, 0.717) is 17.3 Å². The zero-order valence-electron chi connectivity index (χ0n) is 11.9. The number of rotatable bonds is 7. The van der Waals surface area contributed by atoms with Gasteiger partial charge in [0.1, 0.15) is 5.00 Å². The third kappa shape index (κ3) is 5.07. The van der Waals surface area contributed by atoms with E-state index in [1.54, 1.807) is 7.11 Å². The molecular formula is C13H20N2O3S2. The van der Waals surface area contributed by atoms with Gasteiger partial charge in [-0.15, -0.1) is 11.3 Å². The molecule has 1 aromatic rings. The van der Waals surface area contributed by atoms with E-state index in [-0.39, 0.29) is 5.97 Å². The lowest BCUT2D eigenvalue weighted by atomic mass is 10.2. The molecule has 0 aliphatic carbocycles. The fourth-order valence-corrected chi connectivity index (χ4v) is 2.79. The van der Waals surface area contributed by atoms with Crippen molar-refractivity contribution < 1.29 is 14.3 Å². The van der Waals surface area contributed by atoms with E-state index >= 15 is 0 Å². The number of esters is 1. The van der Waals surface area contributed by atoms with Gasteiger partial charge in [-0.1, -0.05) is 6.92 Å². The van der Waals surface area contributed by atoms with E-state index < -0.39 is 0 Å². The Bertz CT molecular complexity index is 460. The molecule has 112 valence electrons. The molecule has 0 atom stereocenters. The van der Waals surface area contributed by atoms with Gasteiger partial charge in [-0.25, -0.2) is 4.79 Å². The van der Waals surface area contributed by atoms with Crippen LogP contribution in [-0.2, 0) is 15.9 Å². The number of carbonyl (C=O) groups excluding carboxylic acids is 1. The van der Waals surface area contributed by atoms with Crippen molar-refractivity contribution in [2.24, 2.45) is 0 Å². The normalized spacial score (nSPS) is 10.2. The van der Waals surface area contributed by atoms with Crippen molar-refractivity contribution in [3.05, 3.63) is 16.5 Å². The molecule has 20 heavy (non-hydrogen) atoms. The summed E-state index contributed by atoms with van der Waals surface area (Å²) < 4.78 is 9.74. The lowest BCUT2D eigenvalue weighted by Gasteiger charge is -2.10. The van der Waals surface area contributed by atoms with Crippen LogP contribution in [0.2, 0.25) is 0 Å². The van der Waals surface area contributed by atoms with Crippen LogP contribution < -0.4 is 10.6 Å². The van der Waals surface area contributed by atoms with Gasteiger partial charge in [0.2, 0.25) is 0 Å². The molecule has 0 aliphatic rings. The van der Waals surface area contributed by atoms with Crippen LogP contribution in [0.1, 0.15) is 28.6 Å². The van der Waals surface area contributed by atoms with E-state index in [1.165, 1.54) is 18.4 Å². The predicted octanol–water partition coefficient (Wildman–Crippen LogP) is 2.42. The Labute approximate surface area is 128 Å². The van der Waals surface area contributed by atoms with Crippen molar-refractivity contribution in [3.8, 4) is 0 Å². The minimum absolute atomic E-state index is 0.356. The topological polar surface area (TPSA) is 59.6 Å². The summed E-state index contributed by atoms with van der Waals surface area (Å²) >= 11 is 6.72. The zero-order valence-corrected chi connectivity index (χ0v) is 13.6. The standard InChI is InChI=1S/C13H20N2O3S2/c1-4-9-8-10(12(16)18-3)11(20-9)15-13(19)14-6-5-7-17-2/h8H,4-7H2,1-3H3,(H2,14,15,19). The predicted molar refractivity (Wildman–Crippen MR) is 85.8 cm³/mol. The second-order valence-corrected chi connectivity index (χ2v) is 5.57. The molecule has 0 radical (unpaired) electrons. The van der Waals surface area contributed by atoms with Gasteiger partial charge in [0.05, 0.1) is 12.7 Å². The molecule has 0 bridgehead atoms. The maximum atomic E-state index is 11.7. The lowest BCUT2D eigenvalue weighted by Crippen LogP contribution is -2.30. The van der Waals surface area contributed by atoms with Crippen LogP contribution in [0, 0.1) is 0 Å². The summed E-state index contributed by atoms with van der Waals surface area (Å²) in [5.74, 6) is -0.356. The molecule has 0 saturated heterocycles. The van der Waals surface area contributed by atoms with Crippen LogP contribution in [0.4, 0.5) is 5.00 Å². The first-order valence-corrected chi connectivity index (χ1v) is 7.59.